The second kappa shape index (κ2) is 17.5. The number of carboxylic acid groups (broad SMARTS) is 1. The van der Waals surface area contributed by atoms with E-state index in [2.05, 4.69) is 23.1 Å². The predicted octanol–water partition coefficient (Wildman–Crippen LogP) is 5.68. The van der Waals surface area contributed by atoms with E-state index in [0.717, 1.165) is 53.9 Å². The Morgan fingerprint density at radius 1 is 1.04 bits per heavy atom. The van der Waals surface area contributed by atoms with Gasteiger partial charge >= 0.3 is 6.09 Å². The van der Waals surface area contributed by atoms with Crippen molar-refractivity contribution in [2.75, 3.05) is 71.4 Å². The van der Waals surface area contributed by atoms with Crippen molar-refractivity contribution in [3.8, 4) is 5.75 Å². The van der Waals surface area contributed by atoms with E-state index < -0.39 is 39.4 Å². The van der Waals surface area contributed by atoms with Crippen molar-refractivity contribution >= 4 is 21.9 Å². The zero-order valence-corrected chi connectivity index (χ0v) is 31.5. The zero-order chi connectivity index (χ0) is 36.5. The molecular weight excluding hydrogens is 664 g/mol. The van der Waals surface area contributed by atoms with Gasteiger partial charge in [0.25, 0.3) is 10.1 Å². The second-order valence-electron chi connectivity index (χ2n) is 14.4. The van der Waals surface area contributed by atoms with Crippen LogP contribution in [0, 0.1) is 5.41 Å². The summed E-state index contributed by atoms with van der Waals surface area (Å²) < 4.78 is 58.4. The fourth-order valence-electron chi connectivity index (χ4n) is 7.31. The van der Waals surface area contributed by atoms with Crippen LogP contribution in [0.25, 0.3) is 0 Å². The molecule has 2 aliphatic heterocycles. The van der Waals surface area contributed by atoms with Crippen LogP contribution in [-0.4, -0.2) is 109 Å². The van der Waals surface area contributed by atoms with Crippen LogP contribution < -0.4 is 9.64 Å². The molecule has 2 aromatic carbocycles. The average molecular weight is 721 g/mol. The first-order chi connectivity index (χ1) is 23.7. The van der Waals surface area contributed by atoms with Gasteiger partial charge in [0.15, 0.2) is 0 Å². The summed E-state index contributed by atoms with van der Waals surface area (Å²) in [6, 6.07) is 14.2. The Bertz CT molecular complexity index is 1500. The van der Waals surface area contributed by atoms with Gasteiger partial charge in [0.05, 0.1) is 69.2 Å². The van der Waals surface area contributed by atoms with Crippen LogP contribution in [0.15, 0.2) is 42.5 Å². The van der Waals surface area contributed by atoms with Crippen LogP contribution in [0.1, 0.15) is 69.6 Å². The Hall–Kier alpha value is -2.94. The molecule has 0 radical (unpaired) electrons. The maximum Gasteiger partial charge on any atom is 0.407 e. The summed E-state index contributed by atoms with van der Waals surface area (Å²) in [5, 5.41) is 10.7. The normalized spacial score (nSPS) is 21.8. The van der Waals surface area contributed by atoms with Crippen molar-refractivity contribution in [2.45, 2.75) is 83.8 Å². The van der Waals surface area contributed by atoms with Crippen molar-refractivity contribution in [2.24, 2.45) is 5.41 Å². The summed E-state index contributed by atoms with van der Waals surface area (Å²) in [4.78, 5) is 16.9. The number of piperidine rings is 1. The van der Waals surface area contributed by atoms with Crippen LogP contribution >= 0.6 is 0 Å². The Morgan fingerprint density at radius 2 is 1.74 bits per heavy atom. The van der Waals surface area contributed by atoms with Crippen molar-refractivity contribution in [3.05, 3.63) is 59.2 Å². The van der Waals surface area contributed by atoms with Crippen molar-refractivity contribution in [1.29, 1.82) is 0 Å². The molecule has 2 heterocycles. The van der Waals surface area contributed by atoms with Gasteiger partial charge in [-0.3, -0.25) is 9.08 Å². The number of fused-ring (bicyclic) bond motifs is 1. The van der Waals surface area contributed by atoms with E-state index in [1.165, 1.54) is 4.90 Å². The van der Waals surface area contributed by atoms with E-state index >= 15 is 0 Å². The maximum atomic E-state index is 13.1. The summed E-state index contributed by atoms with van der Waals surface area (Å²) >= 11 is 0. The molecule has 0 aromatic heterocycles. The van der Waals surface area contributed by atoms with E-state index in [1.54, 1.807) is 21.1 Å². The molecular formula is C37H56N2O10S. The molecule has 13 heteroatoms. The van der Waals surface area contributed by atoms with Gasteiger partial charge in [0, 0.05) is 33.3 Å². The number of likely N-dealkylation sites (tertiary alicyclic amines) is 1. The maximum absolute atomic E-state index is 13.1. The molecule has 1 N–H and O–H groups in total. The zero-order valence-electron chi connectivity index (χ0n) is 30.7. The summed E-state index contributed by atoms with van der Waals surface area (Å²) in [6.07, 6.45) is 0.185. The molecule has 1 amide bonds. The van der Waals surface area contributed by atoms with Crippen molar-refractivity contribution < 1.29 is 46.2 Å². The SMILES string of the molecule is COCCCN1CCOc2ccc(CO[C@H]3CN(C(=O)O)[C@](C[C@H](C)OS(C)(=O)=O)(C(C)(C)C)C[C@@H]3c3ccc(COCCOC)cc3)cc21. The highest BCUT2D eigenvalue weighted by Crippen LogP contribution is 2.51. The minimum absolute atomic E-state index is 0.0991. The van der Waals surface area contributed by atoms with Gasteiger partial charge in [-0.1, -0.05) is 51.1 Å². The molecule has 0 spiro atoms. The van der Waals surface area contributed by atoms with Gasteiger partial charge < -0.3 is 33.7 Å². The van der Waals surface area contributed by atoms with Crippen molar-refractivity contribution in [1.82, 2.24) is 4.90 Å². The predicted molar refractivity (Wildman–Crippen MR) is 191 cm³/mol. The van der Waals surface area contributed by atoms with Crippen LogP contribution in [0.3, 0.4) is 0 Å². The highest BCUT2D eigenvalue weighted by molar-refractivity contribution is 7.86. The third-order valence-electron chi connectivity index (χ3n) is 9.81. The monoisotopic (exact) mass is 720 g/mol. The van der Waals surface area contributed by atoms with E-state index in [0.29, 0.717) is 39.5 Å². The first-order valence-electron chi connectivity index (χ1n) is 17.3. The number of anilines is 1. The number of ether oxygens (including phenoxy) is 5. The quantitative estimate of drug-likeness (QED) is 0.160. The van der Waals surface area contributed by atoms with Crippen LogP contribution in [0.5, 0.6) is 5.75 Å². The number of hydrogen-bond donors (Lipinski definition) is 1. The number of nitrogens with zero attached hydrogens (tertiary/aromatic N) is 2. The van der Waals surface area contributed by atoms with Crippen LogP contribution in [0.4, 0.5) is 10.5 Å². The van der Waals surface area contributed by atoms with E-state index in [4.69, 9.17) is 27.9 Å². The molecule has 0 unspecified atom stereocenters. The highest BCUT2D eigenvalue weighted by Gasteiger charge is 2.56. The van der Waals surface area contributed by atoms with E-state index in [1.807, 2.05) is 45.0 Å². The summed E-state index contributed by atoms with van der Waals surface area (Å²) in [7, 11) is -0.423. The molecule has 4 atom stereocenters. The minimum Gasteiger partial charge on any atom is -0.490 e. The number of rotatable bonds is 17. The van der Waals surface area contributed by atoms with Gasteiger partial charge in [-0.25, -0.2) is 4.79 Å². The number of carbonyl (C=O) groups is 1. The summed E-state index contributed by atoms with van der Waals surface area (Å²) in [6.45, 7) is 12.4. The lowest BCUT2D eigenvalue weighted by Gasteiger charge is -2.58. The minimum atomic E-state index is -3.76. The molecule has 1 fully saturated rings. The van der Waals surface area contributed by atoms with Gasteiger partial charge in [-0.15, -0.1) is 0 Å². The Labute approximate surface area is 298 Å². The molecule has 1 saturated heterocycles. The third-order valence-corrected chi connectivity index (χ3v) is 10.5. The largest absolute Gasteiger partial charge is 0.490 e. The molecule has 0 bridgehead atoms. The number of benzene rings is 2. The lowest BCUT2D eigenvalue weighted by Crippen LogP contribution is -2.66. The van der Waals surface area contributed by atoms with Crippen molar-refractivity contribution in [3.63, 3.8) is 0 Å². The fourth-order valence-corrected chi connectivity index (χ4v) is 7.97. The Kier molecular flexibility index (Phi) is 14.0. The molecule has 4 rings (SSSR count). The van der Waals surface area contributed by atoms with E-state index in [-0.39, 0.29) is 25.5 Å². The molecule has 50 heavy (non-hydrogen) atoms. The lowest BCUT2D eigenvalue weighted by atomic mass is 9.61. The molecule has 280 valence electrons. The molecule has 0 saturated carbocycles. The second-order valence-corrected chi connectivity index (χ2v) is 16.0. The Morgan fingerprint density at radius 3 is 2.38 bits per heavy atom. The van der Waals surface area contributed by atoms with Gasteiger partial charge in [0.1, 0.15) is 12.4 Å². The average Bonchev–Trinajstić information content (AvgIpc) is 3.05. The smallest absolute Gasteiger partial charge is 0.407 e. The van der Waals surface area contributed by atoms with Crippen LogP contribution in [-0.2, 0) is 46.5 Å². The molecule has 2 aliphatic rings. The Balaban J connectivity index is 1.66. The molecule has 12 nitrogen and oxygen atoms in total. The lowest BCUT2D eigenvalue weighted by molar-refractivity contribution is -0.110. The standard InChI is InChI=1S/C37H56N2O10S/c1-27(49-50(7,42)43)22-37(36(2,3)4)23-31(30-12-9-28(10-13-30)25-46-20-19-45-6)34(24-39(37)35(40)41)48-26-29-11-14-33-32(21-29)38(16-18-47-33)15-8-17-44-5/h9-14,21,27,31,34H,8,15-20,22-26H2,1-7H3,(H,40,41)/t27-,31+,34-,37-/m0/s1. The number of methoxy groups -OCH3 is 2. The third kappa shape index (κ3) is 10.3. The van der Waals surface area contributed by atoms with Crippen LogP contribution in [0.2, 0.25) is 0 Å². The van der Waals surface area contributed by atoms with Gasteiger partial charge in [-0.05, 0) is 60.4 Å². The number of hydrogen-bond acceptors (Lipinski definition) is 10. The van der Waals surface area contributed by atoms with Gasteiger partial charge in [0.2, 0.25) is 0 Å². The first kappa shape index (κ1) is 39.8. The summed E-state index contributed by atoms with van der Waals surface area (Å²) in [5.41, 5.74) is 2.43. The highest BCUT2D eigenvalue weighted by atomic mass is 32.2. The number of amides is 1. The van der Waals surface area contributed by atoms with Gasteiger partial charge in [-0.2, -0.15) is 8.42 Å². The first-order valence-corrected chi connectivity index (χ1v) is 19.1. The van der Waals surface area contributed by atoms with E-state index in [9.17, 15) is 18.3 Å². The topological polar surface area (TPSA) is 133 Å². The molecule has 2 aromatic rings. The summed E-state index contributed by atoms with van der Waals surface area (Å²) in [5.74, 6) is 0.627. The molecule has 0 aliphatic carbocycles. The fraction of sp³-hybridized carbons (Fsp3) is 0.649.